The average Bonchev–Trinajstić information content (AvgIpc) is 2.45. The van der Waals surface area contributed by atoms with Gasteiger partial charge in [0.15, 0.2) is 0 Å². The summed E-state index contributed by atoms with van der Waals surface area (Å²) in [6, 6.07) is 6.02. The van der Waals surface area contributed by atoms with Gasteiger partial charge in [-0.2, -0.15) is 0 Å². The highest BCUT2D eigenvalue weighted by atomic mass is 16.5. The van der Waals surface area contributed by atoms with Gasteiger partial charge in [-0.05, 0) is 62.1 Å². The molecule has 2 unspecified atom stereocenters. The van der Waals surface area contributed by atoms with E-state index < -0.39 is 6.10 Å². The van der Waals surface area contributed by atoms with Gasteiger partial charge in [-0.3, -0.25) is 0 Å². The Morgan fingerprint density at radius 3 is 2.85 bits per heavy atom. The molecule has 2 fully saturated rings. The van der Waals surface area contributed by atoms with Crippen LogP contribution in [0.3, 0.4) is 0 Å². The van der Waals surface area contributed by atoms with Gasteiger partial charge < -0.3 is 14.6 Å². The van der Waals surface area contributed by atoms with Crippen LogP contribution in [0.15, 0.2) is 18.2 Å². The highest BCUT2D eigenvalue weighted by Gasteiger charge is 2.44. The molecule has 3 nitrogen and oxygen atoms in total. The molecule has 0 aromatic heterocycles. The molecular formula is C17H24O3. The fourth-order valence-electron chi connectivity index (χ4n) is 3.55. The van der Waals surface area contributed by atoms with E-state index in [-0.39, 0.29) is 5.60 Å². The summed E-state index contributed by atoms with van der Waals surface area (Å²) in [6.07, 6.45) is 5.11. The second-order valence-corrected chi connectivity index (χ2v) is 6.31. The maximum absolute atomic E-state index is 10.7. The van der Waals surface area contributed by atoms with Crippen molar-refractivity contribution in [3.05, 3.63) is 29.3 Å². The van der Waals surface area contributed by atoms with Crippen LogP contribution in [0.4, 0.5) is 0 Å². The zero-order valence-corrected chi connectivity index (χ0v) is 12.4. The molecular weight excluding hydrogens is 252 g/mol. The Morgan fingerprint density at radius 1 is 1.40 bits per heavy atom. The van der Waals surface area contributed by atoms with Crippen molar-refractivity contribution in [3.8, 4) is 5.75 Å². The summed E-state index contributed by atoms with van der Waals surface area (Å²) in [5, 5.41) is 10.7. The lowest BCUT2D eigenvalue weighted by molar-refractivity contribution is -0.157. The summed E-state index contributed by atoms with van der Waals surface area (Å²) in [4.78, 5) is 0. The number of ether oxygens (including phenoxy) is 2. The SMILES string of the molecule is COc1cc(C(O)C2CCOC3(CCC3)C2)ccc1C. The number of benzene rings is 1. The Balaban J connectivity index is 1.76. The van der Waals surface area contributed by atoms with Gasteiger partial charge >= 0.3 is 0 Å². The van der Waals surface area contributed by atoms with Crippen molar-refractivity contribution in [1.29, 1.82) is 0 Å². The molecule has 1 aliphatic heterocycles. The normalized spacial score (nSPS) is 26.1. The minimum absolute atomic E-state index is 0.0820. The first-order chi connectivity index (χ1) is 9.63. The molecule has 1 aliphatic carbocycles. The van der Waals surface area contributed by atoms with Gasteiger partial charge in [-0.15, -0.1) is 0 Å². The molecule has 0 amide bonds. The standard InChI is InChI=1S/C17H24O3/c1-12-4-5-13(10-15(12)19-2)16(18)14-6-9-20-17(11-14)7-3-8-17/h4-5,10,14,16,18H,3,6-9,11H2,1-2H3. The third kappa shape index (κ3) is 2.45. The lowest BCUT2D eigenvalue weighted by Crippen LogP contribution is -2.46. The molecule has 0 bridgehead atoms. The monoisotopic (exact) mass is 276 g/mol. The number of aliphatic hydroxyl groups is 1. The zero-order valence-electron chi connectivity index (χ0n) is 12.4. The van der Waals surface area contributed by atoms with Gasteiger partial charge in [0.05, 0.1) is 18.8 Å². The molecule has 20 heavy (non-hydrogen) atoms. The van der Waals surface area contributed by atoms with E-state index in [0.29, 0.717) is 5.92 Å². The van der Waals surface area contributed by atoms with Gasteiger partial charge in [0.2, 0.25) is 0 Å². The molecule has 1 N–H and O–H groups in total. The van der Waals surface area contributed by atoms with E-state index >= 15 is 0 Å². The molecule has 110 valence electrons. The first kappa shape index (κ1) is 13.9. The van der Waals surface area contributed by atoms with E-state index in [2.05, 4.69) is 0 Å². The Hall–Kier alpha value is -1.06. The van der Waals surface area contributed by atoms with Crippen LogP contribution in [-0.4, -0.2) is 24.4 Å². The second kappa shape index (κ2) is 5.38. The topological polar surface area (TPSA) is 38.7 Å². The lowest BCUT2D eigenvalue weighted by atomic mass is 9.70. The quantitative estimate of drug-likeness (QED) is 0.919. The van der Waals surface area contributed by atoms with Gasteiger partial charge in [0.1, 0.15) is 5.75 Å². The third-order valence-electron chi connectivity index (χ3n) is 5.02. The van der Waals surface area contributed by atoms with Crippen molar-refractivity contribution >= 4 is 0 Å². The number of aryl methyl sites for hydroxylation is 1. The minimum Gasteiger partial charge on any atom is -0.496 e. The van der Waals surface area contributed by atoms with E-state index in [9.17, 15) is 5.11 Å². The number of hydrogen-bond acceptors (Lipinski definition) is 3. The first-order valence-corrected chi connectivity index (χ1v) is 7.60. The molecule has 1 aromatic carbocycles. The molecule has 2 aliphatic rings. The largest absolute Gasteiger partial charge is 0.496 e. The molecule has 2 atom stereocenters. The Kier molecular flexibility index (Phi) is 3.74. The van der Waals surface area contributed by atoms with Gasteiger partial charge in [-0.1, -0.05) is 12.1 Å². The van der Waals surface area contributed by atoms with Crippen molar-refractivity contribution < 1.29 is 14.6 Å². The first-order valence-electron chi connectivity index (χ1n) is 7.60. The van der Waals surface area contributed by atoms with Crippen molar-refractivity contribution in [2.45, 2.75) is 50.7 Å². The highest BCUT2D eigenvalue weighted by molar-refractivity contribution is 5.37. The number of aliphatic hydroxyl groups excluding tert-OH is 1. The van der Waals surface area contributed by atoms with Crippen LogP contribution in [0.1, 0.15) is 49.3 Å². The van der Waals surface area contributed by atoms with Crippen LogP contribution in [0, 0.1) is 12.8 Å². The lowest BCUT2D eigenvalue weighted by Gasteiger charge is -2.48. The highest BCUT2D eigenvalue weighted by Crippen LogP contribution is 2.47. The maximum atomic E-state index is 10.7. The summed E-state index contributed by atoms with van der Waals surface area (Å²) in [5.41, 5.74) is 2.15. The van der Waals surface area contributed by atoms with E-state index in [1.165, 1.54) is 6.42 Å². The van der Waals surface area contributed by atoms with E-state index in [0.717, 1.165) is 49.2 Å². The van der Waals surface area contributed by atoms with Crippen molar-refractivity contribution in [2.24, 2.45) is 5.92 Å². The molecule has 1 saturated heterocycles. The molecule has 1 aromatic rings. The summed E-state index contributed by atoms with van der Waals surface area (Å²) in [5.74, 6) is 1.16. The Bertz CT molecular complexity index is 479. The van der Waals surface area contributed by atoms with Crippen LogP contribution in [-0.2, 0) is 4.74 Å². The van der Waals surface area contributed by atoms with Crippen LogP contribution < -0.4 is 4.74 Å². The zero-order chi connectivity index (χ0) is 14.2. The fourth-order valence-corrected chi connectivity index (χ4v) is 3.55. The van der Waals surface area contributed by atoms with Crippen LogP contribution in [0.2, 0.25) is 0 Å². The molecule has 3 heteroatoms. The van der Waals surface area contributed by atoms with Crippen molar-refractivity contribution in [3.63, 3.8) is 0 Å². The number of rotatable bonds is 3. The predicted molar refractivity (Wildman–Crippen MR) is 77.9 cm³/mol. The Labute approximate surface area is 120 Å². The summed E-state index contributed by atoms with van der Waals surface area (Å²) in [7, 11) is 1.68. The van der Waals surface area contributed by atoms with Crippen molar-refractivity contribution in [2.75, 3.05) is 13.7 Å². The van der Waals surface area contributed by atoms with Crippen LogP contribution in [0.25, 0.3) is 0 Å². The van der Waals surface area contributed by atoms with Gasteiger partial charge in [-0.25, -0.2) is 0 Å². The third-order valence-corrected chi connectivity index (χ3v) is 5.02. The second-order valence-electron chi connectivity index (χ2n) is 6.31. The number of hydrogen-bond donors (Lipinski definition) is 1. The molecule has 3 rings (SSSR count). The van der Waals surface area contributed by atoms with E-state index in [1.54, 1.807) is 7.11 Å². The number of methoxy groups -OCH3 is 1. The smallest absolute Gasteiger partial charge is 0.122 e. The van der Waals surface area contributed by atoms with Crippen LogP contribution >= 0.6 is 0 Å². The summed E-state index contributed by atoms with van der Waals surface area (Å²) in [6.45, 7) is 2.80. The molecule has 1 heterocycles. The van der Waals surface area contributed by atoms with Gasteiger partial charge in [0.25, 0.3) is 0 Å². The Morgan fingerprint density at radius 2 is 2.20 bits per heavy atom. The van der Waals surface area contributed by atoms with E-state index in [4.69, 9.17) is 9.47 Å². The molecule has 1 spiro atoms. The predicted octanol–water partition coefficient (Wildman–Crippen LogP) is 3.39. The summed E-state index contributed by atoms with van der Waals surface area (Å²) < 4.78 is 11.3. The fraction of sp³-hybridized carbons (Fsp3) is 0.647. The summed E-state index contributed by atoms with van der Waals surface area (Å²) >= 11 is 0. The van der Waals surface area contributed by atoms with Crippen LogP contribution in [0.5, 0.6) is 5.75 Å². The van der Waals surface area contributed by atoms with E-state index in [1.807, 2.05) is 25.1 Å². The molecule has 1 saturated carbocycles. The maximum Gasteiger partial charge on any atom is 0.122 e. The minimum atomic E-state index is -0.411. The van der Waals surface area contributed by atoms with Crippen molar-refractivity contribution in [1.82, 2.24) is 0 Å². The van der Waals surface area contributed by atoms with Gasteiger partial charge in [0, 0.05) is 6.61 Å². The average molecular weight is 276 g/mol. The molecule has 0 radical (unpaired) electrons.